The molecule has 1 saturated heterocycles. The molecule has 2 aliphatic heterocycles. The molecule has 0 bridgehead atoms. The standard InChI is InChI=1S/C23H27N3O2S/c1-15-10-11-16(13-19(15)26-12-6-9-21(26)27)24-22(29)25-18-14-23(2,3)28-20-8-5-4-7-17(18)20/h4-5,7-8,10-11,13,18H,6,9,12,14H2,1-3H3,(H2,24,25,29). The number of amides is 1. The van der Waals surface area contributed by atoms with Gasteiger partial charge in [0, 0.05) is 36.3 Å². The third kappa shape index (κ3) is 4.22. The Morgan fingerprint density at radius 2 is 2.03 bits per heavy atom. The predicted octanol–water partition coefficient (Wildman–Crippen LogP) is 4.71. The van der Waals surface area contributed by atoms with E-state index in [1.54, 1.807) is 0 Å². The Morgan fingerprint density at radius 1 is 1.24 bits per heavy atom. The number of carbonyl (C=O) groups is 1. The number of fused-ring (bicyclic) bond motifs is 1. The highest BCUT2D eigenvalue weighted by atomic mass is 32.1. The Kier molecular flexibility index (Phi) is 5.21. The molecule has 1 amide bonds. The molecule has 2 N–H and O–H groups in total. The van der Waals surface area contributed by atoms with Crippen LogP contribution in [0.4, 0.5) is 11.4 Å². The quantitative estimate of drug-likeness (QED) is 0.719. The highest BCUT2D eigenvalue weighted by Crippen LogP contribution is 2.39. The van der Waals surface area contributed by atoms with Gasteiger partial charge in [0.2, 0.25) is 5.91 Å². The number of benzene rings is 2. The number of hydrogen-bond acceptors (Lipinski definition) is 3. The van der Waals surface area contributed by atoms with E-state index >= 15 is 0 Å². The van der Waals surface area contributed by atoms with Gasteiger partial charge in [0.15, 0.2) is 5.11 Å². The van der Waals surface area contributed by atoms with Crippen molar-refractivity contribution in [1.82, 2.24) is 5.32 Å². The summed E-state index contributed by atoms with van der Waals surface area (Å²) in [5.41, 5.74) is 3.77. The minimum Gasteiger partial charge on any atom is -0.487 e. The topological polar surface area (TPSA) is 53.6 Å². The molecule has 6 heteroatoms. The van der Waals surface area contributed by atoms with Gasteiger partial charge in [0.05, 0.1) is 6.04 Å². The molecule has 152 valence electrons. The Morgan fingerprint density at radius 3 is 2.79 bits per heavy atom. The molecule has 2 heterocycles. The van der Waals surface area contributed by atoms with E-state index in [0.717, 1.165) is 47.6 Å². The number of thiocarbonyl (C=S) groups is 1. The Bertz CT molecular complexity index is 957. The number of ether oxygens (including phenoxy) is 1. The smallest absolute Gasteiger partial charge is 0.227 e. The monoisotopic (exact) mass is 409 g/mol. The number of hydrogen-bond donors (Lipinski definition) is 2. The molecule has 5 nitrogen and oxygen atoms in total. The molecule has 29 heavy (non-hydrogen) atoms. The summed E-state index contributed by atoms with van der Waals surface area (Å²) in [6.07, 6.45) is 2.35. The number of nitrogens with one attached hydrogen (secondary N) is 2. The van der Waals surface area contributed by atoms with Crippen molar-refractivity contribution in [3.63, 3.8) is 0 Å². The number of rotatable bonds is 3. The van der Waals surface area contributed by atoms with E-state index in [1.807, 2.05) is 48.2 Å². The lowest BCUT2D eigenvalue weighted by molar-refractivity contribution is -0.117. The zero-order chi connectivity index (χ0) is 20.6. The van der Waals surface area contributed by atoms with Crippen LogP contribution in [0.25, 0.3) is 0 Å². The lowest BCUT2D eigenvalue weighted by Gasteiger charge is -2.38. The van der Waals surface area contributed by atoms with E-state index in [0.29, 0.717) is 11.5 Å². The number of aryl methyl sites for hydroxylation is 1. The van der Waals surface area contributed by atoms with E-state index in [9.17, 15) is 4.79 Å². The summed E-state index contributed by atoms with van der Waals surface area (Å²) in [7, 11) is 0. The summed E-state index contributed by atoms with van der Waals surface area (Å²) in [5, 5.41) is 7.31. The minimum absolute atomic E-state index is 0.0695. The minimum atomic E-state index is -0.269. The summed E-state index contributed by atoms with van der Waals surface area (Å²) < 4.78 is 6.10. The first-order valence-electron chi connectivity index (χ1n) is 10.1. The average Bonchev–Trinajstić information content (AvgIpc) is 3.08. The fourth-order valence-corrected chi connectivity index (χ4v) is 4.40. The largest absolute Gasteiger partial charge is 0.487 e. The van der Waals surface area contributed by atoms with Gasteiger partial charge in [-0.1, -0.05) is 24.3 Å². The van der Waals surface area contributed by atoms with Crippen LogP contribution in [0.3, 0.4) is 0 Å². The second-order valence-electron chi connectivity index (χ2n) is 8.40. The van der Waals surface area contributed by atoms with Crippen LogP contribution in [-0.2, 0) is 4.79 Å². The molecule has 0 radical (unpaired) electrons. The van der Waals surface area contributed by atoms with Gasteiger partial charge >= 0.3 is 0 Å². The highest BCUT2D eigenvalue weighted by molar-refractivity contribution is 7.80. The van der Waals surface area contributed by atoms with Gasteiger partial charge < -0.3 is 20.3 Å². The van der Waals surface area contributed by atoms with Crippen molar-refractivity contribution in [2.75, 3.05) is 16.8 Å². The van der Waals surface area contributed by atoms with Crippen molar-refractivity contribution in [3.8, 4) is 5.75 Å². The third-order valence-electron chi connectivity index (χ3n) is 5.51. The molecule has 0 aromatic heterocycles. The first-order chi connectivity index (χ1) is 13.8. The van der Waals surface area contributed by atoms with Crippen LogP contribution in [0, 0.1) is 6.92 Å². The van der Waals surface area contributed by atoms with Crippen LogP contribution in [0.5, 0.6) is 5.75 Å². The predicted molar refractivity (Wildman–Crippen MR) is 121 cm³/mol. The number of para-hydroxylation sites is 1. The van der Waals surface area contributed by atoms with E-state index in [1.165, 1.54) is 0 Å². The van der Waals surface area contributed by atoms with Crippen molar-refractivity contribution in [3.05, 3.63) is 53.6 Å². The first kappa shape index (κ1) is 19.7. The van der Waals surface area contributed by atoms with Crippen molar-refractivity contribution in [2.24, 2.45) is 0 Å². The second-order valence-corrected chi connectivity index (χ2v) is 8.81. The second kappa shape index (κ2) is 7.67. The summed E-state index contributed by atoms with van der Waals surface area (Å²) in [6, 6.07) is 14.2. The number of nitrogens with zero attached hydrogens (tertiary/aromatic N) is 1. The molecule has 2 aliphatic rings. The number of anilines is 2. The van der Waals surface area contributed by atoms with Gasteiger partial charge in [-0.2, -0.15) is 0 Å². The summed E-state index contributed by atoms with van der Waals surface area (Å²) in [5.74, 6) is 1.08. The summed E-state index contributed by atoms with van der Waals surface area (Å²) >= 11 is 5.61. The molecule has 0 aliphatic carbocycles. The molecule has 2 aromatic rings. The van der Waals surface area contributed by atoms with Gasteiger partial charge in [-0.15, -0.1) is 0 Å². The zero-order valence-electron chi connectivity index (χ0n) is 17.1. The lowest BCUT2D eigenvalue weighted by atomic mass is 9.90. The molecular formula is C23H27N3O2S. The SMILES string of the molecule is Cc1ccc(NC(=S)NC2CC(C)(C)Oc3ccccc32)cc1N1CCCC1=O. The summed E-state index contributed by atoms with van der Waals surface area (Å²) in [6.45, 7) is 6.99. The van der Waals surface area contributed by atoms with E-state index < -0.39 is 0 Å². The van der Waals surface area contributed by atoms with Crippen LogP contribution in [0.2, 0.25) is 0 Å². The van der Waals surface area contributed by atoms with Crippen molar-refractivity contribution in [2.45, 2.75) is 51.7 Å². The molecule has 4 rings (SSSR count). The van der Waals surface area contributed by atoms with Gasteiger partial charge in [-0.3, -0.25) is 4.79 Å². The fourth-order valence-electron chi connectivity index (χ4n) is 4.14. The molecule has 0 saturated carbocycles. The van der Waals surface area contributed by atoms with Crippen molar-refractivity contribution in [1.29, 1.82) is 0 Å². The van der Waals surface area contributed by atoms with Gasteiger partial charge in [-0.25, -0.2) is 0 Å². The Balaban J connectivity index is 1.50. The highest BCUT2D eigenvalue weighted by Gasteiger charge is 2.33. The van der Waals surface area contributed by atoms with Crippen LogP contribution in [-0.4, -0.2) is 23.2 Å². The average molecular weight is 410 g/mol. The number of carbonyl (C=O) groups excluding carboxylic acids is 1. The van der Waals surface area contributed by atoms with Gasteiger partial charge in [0.1, 0.15) is 11.4 Å². The molecule has 0 spiro atoms. The molecular weight excluding hydrogens is 382 g/mol. The summed E-state index contributed by atoms with van der Waals surface area (Å²) in [4.78, 5) is 14.0. The Hall–Kier alpha value is -2.60. The van der Waals surface area contributed by atoms with Gasteiger partial charge in [0.25, 0.3) is 0 Å². The Labute approximate surface area is 177 Å². The van der Waals surface area contributed by atoms with Crippen LogP contribution in [0.1, 0.15) is 50.3 Å². The maximum absolute atomic E-state index is 12.2. The molecule has 1 unspecified atom stereocenters. The van der Waals surface area contributed by atoms with Gasteiger partial charge in [-0.05, 0) is 63.2 Å². The van der Waals surface area contributed by atoms with Crippen molar-refractivity contribution < 1.29 is 9.53 Å². The molecule has 1 atom stereocenters. The molecule has 2 aromatic carbocycles. The van der Waals surface area contributed by atoms with E-state index in [4.69, 9.17) is 17.0 Å². The maximum Gasteiger partial charge on any atom is 0.227 e. The molecule has 1 fully saturated rings. The zero-order valence-corrected chi connectivity index (χ0v) is 17.9. The van der Waals surface area contributed by atoms with Crippen LogP contribution < -0.4 is 20.3 Å². The first-order valence-corrected chi connectivity index (χ1v) is 10.5. The van der Waals surface area contributed by atoms with Crippen LogP contribution >= 0.6 is 12.2 Å². The van der Waals surface area contributed by atoms with Crippen LogP contribution in [0.15, 0.2) is 42.5 Å². The van der Waals surface area contributed by atoms with Crippen molar-refractivity contribution >= 4 is 34.6 Å². The van der Waals surface area contributed by atoms with E-state index in [2.05, 4.69) is 30.5 Å². The third-order valence-corrected chi connectivity index (χ3v) is 5.73. The maximum atomic E-state index is 12.2. The van der Waals surface area contributed by atoms with E-state index in [-0.39, 0.29) is 17.6 Å². The normalized spacial score (nSPS) is 20.0. The fraction of sp³-hybridized carbons (Fsp3) is 0.391. The lowest BCUT2D eigenvalue weighted by Crippen LogP contribution is -2.42.